The summed E-state index contributed by atoms with van der Waals surface area (Å²) in [7, 11) is 0. The highest BCUT2D eigenvalue weighted by atomic mass is 32.1. The molecule has 0 spiro atoms. The molecule has 0 amide bonds. The van der Waals surface area contributed by atoms with E-state index >= 15 is 0 Å². The molecule has 0 bridgehead atoms. The van der Waals surface area contributed by atoms with Crippen LogP contribution in [0.4, 0.5) is 0 Å². The van der Waals surface area contributed by atoms with Crippen LogP contribution < -0.4 is 4.57 Å². The third-order valence-electron chi connectivity index (χ3n) is 1.73. The van der Waals surface area contributed by atoms with E-state index < -0.39 is 0 Å². The van der Waals surface area contributed by atoms with Crippen LogP contribution in [0.15, 0.2) is 47.4 Å². The lowest BCUT2D eigenvalue weighted by atomic mass is 10.2. The van der Waals surface area contributed by atoms with Gasteiger partial charge in [-0.2, -0.15) is 4.57 Å². The van der Waals surface area contributed by atoms with Gasteiger partial charge in [0, 0.05) is 6.08 Å². The van der Waals surface area contributed by atoms with Gasteiger partial charge in [0.25, 0.3) is 0 Å². The van der Waals surface area contributed by atoms with E-state index in [1.165, 1.54) is 5.56 Å². The van der Waals surface area contributed by atoms with Crippen molar-refractivity contribution in [1.29, 1.82) is 0 Å². The normalized spacial score (nSPS) is 10.8. The molecule has 0 saturated carbocycles. The zero-order valence-electron chi connectivity index (χ0n) is 7.13. The first-order chi connectivity index (χ1) is 6.45. The first-order valence-corrected chi connectivity index (χ1v) is 5.05. The second kappa shape index (κ2) is 4.01. The molecule has 64 valence electrons. The van der Waals surface area contributed by atoms with Crippen molar-refractivity contribution in [3.8, 4) is 0 Å². The van der Waals surface area contributed by atoms with Crippen LogP contribution in [0.1, 0.15) is 5.56 Å². The van der Waals surface area contributed by atoms with Crippen molar-refractivity contribution in [3.05, 3.63) is 53.0 Å². The second-order valence-electron chi connectivity index (χ2n) is 2.70. The topological polar surface area (TPSA) is 3.88 Å². The maximum atomic E-state index is 2.09. The molecular weight excluding hydrogens is 178 g/mol. The summed E-state index contributed by atoms with van der Waals surface area (Å²) in [6, 6.07) is 10.3. The van der Waals surface area contributed by atoms with Crippen LogP contribution in [-0.4, -0.2) is 0 Å². The van der Waals surface area contributed by atoms with Crippen molar-refractivity contribution in [2.24, 2.45) is 0 Å². The van der Waals surface area contributed by atoms with Crippen LogP contribution in [0.2, 0.25) is 0 Å². The Balaban J connectivity index is 2.15. The Hall–Kier alpha value is -1.41. The average Bonchev–Trinajstić information content (AvgIpc) is 2.69. The predicted molar refractivity (Wildman–Crippen MR) is 56.2 cm³/mol. The van der Waals surface area contributed by atoms with Gasteiger partial charge in [0.2, 0.25) is 5.51 Å². The van der Waals surface area contributed by atoms with Gasteiger partial charge in [-0.1, -0.05) is 41.7 Å². The molecule has 2 rings (SSSR count). The lowest BCUT2D eigenvalue weighted by Crippen LogP contribution is -2.19. The summed E-state index contributed by atoms with van der Waals surface area (Å²) in [5, 5.41) is 2.05. The van der Waals surface area contributed by atoms with Crippen molar-refractivity contribution in [3.63, 3.8) is 0 Å². The Kier molecular flexibility index (Phi) is 2.53. The number of hydrogen-bond donors (Lipinski definition) is 0. The molecule has 0 atom stereocenters. The van der Waals surface area contributed by atoms with Gasteiger partial charge >= 0.3 is 0 Å². The summed E-state index contributed by atoms with van der Waals surface area (Å²) < 4.78 is 2.04. The van der Waals surface area contributed by atoms with Gasteiger partial charge < -0.3 is 0 Å². The minimum atomic E-state index is 1.22. The largest absolute Gasteiger partial charge is 0.230 e. The lowest BCUT2D eigenvalue weighted by Gasteiger charge is -1.87. The van der Waals surface area contributed by atoms with Crippen LogP contribution in [-0.2, 0) is 0 Å². The highest BCUT2D eigenvalue weighted by Crippen LogP contribution is 2.00. The molecule has 1 nitrogen and oxygen atoms in total. The van der Waals surface area contributed by atoms with E-state index in [2.05, 4.69) is 29.1 Å². The molecule has 0 N–H and O–H groups in total. The van der Waals surface area contributed by atoms with Crippen molar-refractivity contribution in [2.75, 3.05) is 0 Å². The standard InChI is InChI=1S/C11H10NS/c1-2-4-11(5-3-1)6-7-12-8-9-13-10-12/h1-10H/q+1. The Morgan fingerprint density at radius 2 is 2.00 bits per heavy atom. The molecule has 1 aromatic heterocycles. The summed E-state index contributed by atoms with van der Waals surface area (Å²) in [6.45, 7) is 0. The fraction of sp³-hybridized carbons (Fsp3) is 0. The summed E-state index contributed by atoms with van der Waals surface area (Å²) >= 11 is 1.69. The molecule has 0 unspecified atom stereocenters. The van der Waals surface area contributed by atoms with E-state index in [0.717, 1.165) is 0 Å². The zero-order valence-corrected chi connectivity index (χ0v) is 7.95. The van der Waals surface area contributed by atoms with E-state index in [1.807, 2.05) is 35.2 Å². The highest BCUT2D eigenvalue weighted by Gasteiger charge is 1.91. The van der Waals surface area contributed by atoms with Crippen molar-refractivity contribution in [1.82, 2.24) is 0 Å². The molecule has 1 aromatic carbocycles. The van der Waals surface area contributed by atoms with Gasteiger partial charge in [-0.15, -0.1) is 0 Å². The molecule has 0 radical (unpaired) electrons. The van der Waals surface area contributed by atoms with Crippen LogP contribution in [0.3, 0.4) is 0 Å². The Morgan fingerprint density at radius 1 is 1.15 bits per heavy atom. The summed E-state index contributed by atoms with van der Waals surface area (Å²) in [5.41, 5.74) is 3.28. The van der Waals surface area contributed by atoms with Gasteiger partial charge in [-0.25, -0.2) is 0 Å². The van der Waals surface area contributed by atoms with Gasteiger partial charge in [0.1, 0.15) is 0 Å². The Bertz CT molecular complexity index is 376. The van der Waals surface area contributed by atoms with Crippen LogP contribution in [0.5, 0.6) is 0 Å². The molecule has 2 heteroatoms. The smallest absolute Gasteiger partial charge is 0.164 e. The van der Waals surface area contributed by atoms with Crippen LogP contribution in [0, 0.1) is 0 Å². The molecule has 0 aliphatic rings. The van der Waals surface area contributed by atoms with Crippen molar-refractivity contribution in [2.45, 2.75) is 0 Å². The Morgan fingerprint density at radius 3 is 2.69 bits per heavy atom. The maximum absolute atomic E-state index is 2.09. The Labute approximate surface area is 81.6 Å². The molecule has 13 heavy (non-hydrogen) atoms. The van der Waals surface area contributed by atoms with Crippen LogP contribution >= 0.6 is 11.3 Å². The van der Waals surface area contributed by atoms with E-state index in [9.17, 15) is 0 Å². The third kappa shape index (κ3) is 2.26. The monoisotopic (exact) mass is 188 g/mol. The van der Waals surface area contributed by atoms with E-state index in [0.29, 0.717) is 0 Å². The van der Waals surface area contributed by atoms with Gasteiger partial charge in [0.05, 0.1) is 5.38 Å². The molecule has 0 saturated heterocycles. The minimum Gasteiger partial charge on any atom is -0.164 e. The molecule has 2 aromatic rings. The number of thiazole rings is 1. The fourth-order valence-electron chi connectivity index (χ4n) is 1.07. The van der Waals surface area contributed by atoms with Gasteiger partial charge in [-0.3, -0.25) is 0 Å². The highest BCUT2D eigenvalue weighted by molar-refractivity contribution is 7.07. The van der Waals surface area contributed by atoms with Crippen molar-refractivity contribution >= 4 is 23.6 Å². The van der Waals surface area contributed by atoms with E-state index in [1.54, 1.807) is 11.3 Å². The maximum Gasteiger partial charge on any atom is 0.230 e. The number of hydrogen-bond acceptors (Lipinski definition) is 1. The summed E-state index contributed by atoms with van der Waals surface area (Å²) in [6.07, 6.45) is 6.17. The number of aromatic nitrogens is 1. The SMILES string of the molecule is C(=C[n+]1ccsc1)c1ccccc1. The molecule has 0 aliphatic carbocycles. The average molecular weight is 188 g/mol. The molecule has 0 aliphatic heterocycles. The zero-order chi connectivity index (χ0) is 8.93. The first-order valence-electron chi connectivity index (χ1n) is 4.11. The first kappa shape index (κ1) is 8.20. The minimum absolute atomic E-state index is 1.22. The lowest BCUT2D eigenvalue weighted by molar-refractivity contribution is -0.561. The third-order valence-corrected chi connectivity index (χ3v) is 2.38. The van der Waals surface area contributed by atoms with Gasteiger partial charge in [0.15, 0.2) is 12.4 Å². The quantitative estimate of drug-likeness (QED) is 0.638. The van der Waals surface area contributed by atoms with E-state index in [4.69, 9.17) is 0 Å². The van der Waals surface area contributed by atoms with E-state index in [-0.39, 0.29) is 0 Å². The number of rotatable bonds is 2. The van der Waals surface area contributed by atoms with Gasteiger partial charge in [-0.05, 0) is 5.56 Å². The summed E-state index contributed by atoms with van der Waals surface area (Å²) in [5.74, 6) is 0. The predicted octanol–water partition coefficient (Wildman–Crippen LogP) is 2.66. The second-order valence-corrected chi connectivity index (χ2v) is 3.46. The molecule has 1 heterocycles. The van der Waals surface area contributed by atoms with Crippen LogP contribution in [0.25, 0.3) is 12.3 Å². The number of nitrogens with zero attached hydrogens (tertiary/aromatic N) is 1. The molecular formula is C11H10NS+. The number of benzene rings is 1. The van der Waals surface area contributed by atoms with Crippen molar-refractivity contribution < 1.29 is 4.57 Å². The fourth-order valence-corrected chi connectivity index (χ4v) is 1.63. The molecule has 0 fully saturated rings. The summed E-state index contributed by atoms with van der Waals surface area (Å²) in [4.78, 5) is 0.